The Morgan fingerprint density at radius 3 is 2.78 bits per heavy atom. The summed E-state index contributed by atoms with van der Waals surface area (Å²) in [4.78, 5) is 11.4. The quantitative estimate of drug-likeness (QED) is 0.183. The lowest BCUT2D eigenvalue weighted by Crippen LogP contribution is -2.25. The number of alkyl halides is 4. The third kappa shape index (κ3) is 8.60. The summed E-state index contributed by atoms with van der Waals surface area (Å²) in [5, 5.41) is 10.2. The van der Waals surface area contributed by atoms with E-state index >= 15 is 0 Å². The summed E-state index contributed by atoms with van der Waals surface area (Å²) in [5.74, 6) is -0.445. The van der Waals surface area contributed by atoms with Gasteiger partial charge in [-0.3, -0.25) is 4.79 Å². The van der Waals surface area contributed by atoms with Crippen LogP contribution in [0.4, 0.5) is 13.2 Å². The fourth-order valence-electron chi connectivity index (χ4n) is 3.80. The molecule has 0 heterocycles. The molecule has 0 aliphatic heterocycles. The van der Waals surface area contributed by atoms with Crippen molar-refractivity contribution in [2.45, 2.75) is 56.4 Å². The molecule has 1 saturated carbocycles. The third-order valence-electron chi connectivity index (χ3n) is 5.50. The normalized spacial score (nSPS) is 23.5. The van der Waals surface area contributed by atoms with E-state index in [1.165, 1.54) is 12.1 Å². The largest absolute Gasteiger partial charge is 0.461 e. The minimum atomic E-state index is -4.40. The second kappa shape index (κ2) is 13.0. The van der Waals surface area contributed by atoms with Crippen LogP contribution in [0, 0.1) is 11.8 Å². The molecule has 1 aliphatic rings. The highest BCUT2D eigenvalue weighted by Gasteiger charge is 2.40. The maximum atomic E-state index is 12.8. The smallest absolute Gasteiger partial charge is 0.416 e. The van der Waals surface area contributed by atoms with Gasteiger partial charge in [0.2, 0.25) is 0 Å². The van der Waals surface area contributed by atoms with Gasteiger partial charge in [-0.05, 0) is 49.3 Å². The molecule has 1 aliphatic carbocycles. The number of rotatable bonds is 12. The molecule has 1 aromatic rings. The van der Waals surface area contributed by atoms with Crippen LogP contribution < -0.4 is 0 Å². The van der Waals surface area contributed by atoms with E-state index in [9.17, 15) is 23.1 Å². The molecule has 1 N–H and O–H groups in total. The van der Waals surface area contributed by atoms with Crippen LogP contribution in [-0.4, -0.2) is 35.8 Å². The molecule has 1 fully saturated rings. The van der Waals surface area contributed by atoms with Crippen LogP contribution in [0.2, 0.25) is 0 Å². The molecule has 4 atom stereocenters. The van der Waals surface area contributed by atoms with E-state index in [0.29, 0.717) is 31.2 Å². The summed E-state index contributed by atoms with van der Waals surface area (Å²) in [6.45, 7) is 3.95. The number of esters is 1. The van der Waals surface area contributed by atoms with E-state index in [1.54, 1.807) is 6.07 Å². The first kappa shape index (κ1) is 26.4. The van der Waals surface area contributed by atoms with Crippen LogP contribution in [0.1, 0.15) is 43.2 Å². The zero-order valence-electron chi connectivity index (χ0n) is 17.9. The van der Waals surface area contributed by atoms with Crippen molar-refractivity contribution in [1.82, 2.24) is 0 Å². The molecular formula is C24H30ClF3O4. The number of ether oxygens (including phenoxy) is 2. The Labute approximate surface area is 192 Å². The number of aliphatic hydroxyl groups is 1. The van der Waals surface area contributed by atoms with Gasteiger partial charge >= 0.3 is 12.1 Å². The highest BCUT2D eigenvalue weighted by Crippen LogP contribution is 2.39. The van der Waals surface area contributed by atoms with E-state index in [2.05, 4.69) is 6.58 Å². The molecule has 0 aromatic heterocycles. The topological polar surface area (TPSA) is 55.8 Å². The molecule has 0 amide bonds. The van der Waals surface area contributed by atoms with Crippen LogP contribution in [0.25, 0.3) is 0 Å². The second-order valence-corrected chi connectivity index (χ2v) is 8.49. The van der Waals surface area contributed by atoms with Crippen molar-refractivity contribution in [3.05, 3.63) is 60.2 Å². The van der Waals surface area contributed by atoms with Crippen LogP contribution >= 0.6 is 11.6 Å². The Hall–Kier alpha value is -1.83. The monoisotopic (exact) mass is 474 g/mol. The van der Waals surface area contributed by atoms with Crippen LogP contribution in [-0.2, 0) is 27.1 Å². The number of benzene rings is 1. The molecule has 8 heteroatoms. The van der Waals surface area contributed by atoms with Crippen molar-refractivity contribution >= 4 is 17.6 Å². The van der Waals surface area contributed by atoms with Crippen molar-refractivity contribution in [2.24, 2.45) is 11.8 Å². The SMILES string of the molecule is C=CCOC(=O)CCC/C=C\C[C@@H]1[C@@H](COCc2cccc(C(F)(F)F)c2)[C@H](O)C[C@H]1Cl. The summed E-state index contributed by atoms with van der Waals surface area (Å²) in [7, 11) is 0. The van der Waals surface area contributed by atoms with Gasteiger partial charge in [-0.15, -0.1) is 11.6 Å². The highest BCUT2D eigenvalue weighted by atomic mass is 35.5. The average molecular weight is 475 g/mol. The van der Waals surface area contributed by atoms with Crippen LogP contribution in [0.5, 0.6) is 0 Å². The number of hydrogen-bond acceptors (Lipinski definition) is 4. The summed E-state index contributed by atoms with van der Waals surface area (Å²) in [6, 6.07) is 5.03. The van der Waals surface area contributed by atoms with Crippen molar-refractivity contribution in [2.75, 3.05) is 13.2 Å². The molecule has 0 spiro atoms. The van der Waals surface area contributed by atoms with Gasteiger partial charge in [0.1, 0.15) is 6.61 Å². The predicted octanol–water partition coefficient (Wildman–Crippen LogP) is 5.67. The molecule has 178 valence electrons. The minimum Gasteiger partial charge on any atom is -0.461 e. The molecule has 0 saturated heterocycles. The van der Waals surface area contributed by atoms with Gasteiger partial charge in [-0.1, -0.05) is 36.9 Å². The van der Waals surface area contributed by atoms with Gasteiger partial charge in [0, 0.05) is 17.7 Å². The zero-order valence-corrected chi connectivity index (χ0v) is 18.7. The summed E-state index contributed by atoms with van der Waals surface area (Å²) in [6.07, 6.45) is 3.33. The minimum absolute atomic E-state index is 0.00184. The van der Waals surface area contributed by atoms with Gasteiger partial charge in [0.25, 0.3) is 0 Å². The van der Waals surface area contributed by atoms with Crippen molar-refractivity contribution < 1.29 is 32.5 Å². The lowest BCUT2D eigenvalue weighted by Gasteiger charge is -2.22. The van der Waals surface area contributed by atoms with Crippen LogP contribution in [0.15, 0.2) is 49.1 Å². The third-order valence-corrected chi connectivity index (χ3v) is 6.00. The fraction of sp³-hybridized carbons (Fsp3) is 0.542. The van der Waals surface area contributed by atoms with E-state index < -0.39 is 17.8 Å². The van der Waals surface area contributed by atoms with E-state index in [-0.39, 0.29) is 43.0 Å². The maximum absolute atomic E-state index is 12.8. The summed E-state index contributed by atoms with van der Waals surface area (Å²) < 4.78 is 49.1. The fourth-order valence-corrected chi connectivity index (χ4v) is 4.27. The molecule has 0 radical (unpaired) electrons. The Morgan fingerprint density at radius 1 is 1.28 bits per heavy atom. The van der Waals surface area contributed by atoms with Crippen molar-refractivity contribution in [3.8, 4) is 0 Å². The van der Waals surface area contributed by atoms with Gasteiger partial charge < -0.3 is 14.6 Å². The Bertz CT molecular complexity index is 766. The first-order valence-corrected chi connectivity index (χ1v) is 11.1. The standard InChI is InChI=1S/C24H30ClF3O4/c1-2-12-32-23(30)11-6-4-3-5-10-19-20(22(29)14-21(19)25)16-31-15-17-8-7-9-18(13-17)24(26,27)28/h2-3,5,7-9,13,19-22,29H,1,4,6,10-12,14-16H2/b5-3-/t19-,20-,21-,22-/m1/s1. The van der Waals surface area contributed by atoms with E-state index in [0.717, 1.165) is 18.6 Å². The van der Waals surface area contributed by atoms with Crippen molar-refractivity contribution in [1.29, 1.82) is 0 Å². The molecule has 2 rings (SSSR count). The van der Waals surface area contributed by atoms with Gasteiger partial charge in [-0.25, -0.2) is 0 Å². The Morgan fingerprint density at radius 2 is 2.06 bits per heavy atom. The lowest BCUT2D eigenvalue weighted by atomic mass is 9.92. The molecule has 0 unspecified atom stereocenters. The Kier molecular flexibility index (Phi) is 10.7. The molecular weight excluding hydrogens is 445 g/mol. The molecule has 32 heavy (non-hydrogen) atoms. The number of aliphatic hydroxyl groups excluding tert-OH is 1. The lowest BCUT2D eigenvalue weighted by molar-refractivity contribution is -0.142. The van der Waals surface area contributed by atoms with E-state index in [4.69, 9.17) is 21.1 Å². The van der Waals surface area contributed by atoms with Crippen molar-refractivity contribution in [3.63, 3.8) is 0 Å². The number of halogens is 4. The molecule has 1 aromatic carbocycles. The average Bonchev–Trinajstić information content (AvgIpc) is 3.01. The Balaban J connectivity index is 1.78. The van der Waals surface area contributed by atoms with Gasteiger partial charge in [0.05, 0.1) is 24.9 Å². The number of hydrogen-bond donors (Lipinski definition) is 1. The summed E-state index contributed by atoms with van der Waals surface area (Å²) >= 11 is 6.42. The summed E-state index contributed by atoms with van der Waals surface area (Å²) in [5.41, 5.74) is -0.282. The number of carbonyl (C=O) groups excluding carboxylic acids is 1. The zero-order chi connectivity index (χ0) is 23.6. The first-order valence-electron chi connectivity index (χ1n) is 10.7. The van der Waals surface area contributed by atoms with Gasteiger partial charge in [0.15, 0.2) is 0 Å². The van der Waals surface area contributed by atoms with E-state index in [1.807, 2.05) is 12.2 Å². The second-order valence-electron chi connectivity index (χ2n) is 7.93. The van der Waals surface area contributed by atoms with Crippen LogP contribution in [0.3, 0.4) is 0 Å². The maximum Gasteiger partial charge on any atom is 0.416 e. The predicted molar refractivity (Wildman–Crippen MR) is 117 cm³/mol. The number of carbonyl (C=O) groups is 1. The first-order chi connectivity index (χ1) is 15.2. The number of unbranched alkanes of at least 4 members (excludes halogenated alkanes) is 1. The highest BCUT2D eigenvalue weighted by molar-refractivity contribution is 6.21. The molecule has 4 nitrogen and oxygen atoms in total. The number of allylic oxidation sites excluding steroid dienone is 2. The molecule has 0 bridgehead atoms. The van der Waals surface area contributed by atoms with Gasteiger partial charge in [-0.2, -0.15) is 13.2 Å².